The smallest absolute Gasteiger partial charge is 0.147 e. The molecule has 3 aromatic rings. The zero-order valence-electron chi connectivity index (χ0n) is 13.3. The first-order chi connectivity index (χ1) is 12.6. The van der Waals surface area contributed by atoms with Gasteiger partial charge in [-0.2, -0.15) is 5.10 Å². The predicted octanol–water partition coefficient (Wildman–Crippen LogP) is 4.58. The molecular weight excluding hydrogens is 399 g/mol. The maximum absolute atomic E-state index is 6.25. The van der Waals surface area contributed by atoms with Gasteiger partial charge in [-0.05, 0) is 24.3 Å². The number of nitrogens with zero attached hydrogens (tertiary/aromatic N) is 4. The average molecular weight is 412 g/mol. The number of aromatic nitrogens is 3. The van der Waals surface area contributed by atoms with Crippen molar-refractivity contribution in [2.24, 2.45) is 5.10 Å². The van der Waals surface area contributed by atoms with E-state index >= 15 is 0 Å². The molecule has 0 radical (unpaired) electrons. The summed E-state index contributed by atoms with van der Waals surface area (Å²) >= 11 is 18.4. The van der Waals surface area contributed by atoms with Gasteiger partial charge in [0.2, 0.25) is 0 Å². The normalized spacial score (nSPS) is 11.0. The highest BCUT2D eigenvalue weighted by Gasteiger charge is 2.10. The Hall–Kier alpha value is -2.28. The quantitative estimate of drug-likeness (QED) is 0.422. The molecule has 0 saturated heterocycles. The van der Waals surface area contributed by atoms with E-state index < -0.39 is 0 Å². The standard InChI is InChI=1S/C17H13Cl3N4O2/c18-13-7-12(9-23-24-10-21-22-11-24)17(15(20)8-13)26-6-5-25-16-4-2-1-3-14(16)19/h1-4,7-11H,5-6H2/b23-9+. The highest BCUT2D eigenvalue weighted by Crippen LogP contribution is 2.31. The van der Waals surface area contributed by atoms with Crippen LogP contribution >= 0.6 is 34.8 Å². The van der Waals surface area contributed by atoms with Crippen LogP contribution in [0, 0.1) is 0 Å². The molecule has 134 valence electrons. The fraction of sp³-hybridized carbons (Fsp3) is 0.118. The number of hydrogen-bond acceptors (Lipinski definition) is 5. The largest absolute Gasteiger partial charge is 0.488 e. The van der Waals surface area contributed by atoms with E-state index in [1.165, 1.54) is 17.3 Å². The second-order valence-electron chi connectivity index (χ2n) is 5.02. The fourth-order valence-electron chi connectivity index (χ4n) is 2.07. The van der Waals surface area contributed by atoms with Gasteiger partial charge in [0.05, 0.1) is 16.3 Å². The lowest BCUT2D eigenvalue weighted by molar-refractivity contribution is 0.217. The van der Waals surface area contributed by atoms with Gasteiger partial charge in [-0.3, -0.25) is 0 Å². The Balaban J connectivity index is 1.67. The van der Waals surface area contributed by atoms with E-state index in [0.717, 1.165) is 0 Å². The molecule has 9 heteroatoms. The number of halogens is 3. The van der Waals surface area contributed by atoms with Crippen LogP contribution in [0.25, 0.3) is 0 Å². The van der Waals surface area contributed by atoms with Crippen molar-refractivity contribution in [2.45, 2.75) is 0 Å². The van der Waals surface area contributed by atoms with E-state index in [9.17, 15) is 0 Å². The minimum atomic E-state index is 0.264. The van der Waals surface area contributed by atoms with Crippen LogP contribution < -0.4 is 9.47 Å². The highest BCUT2D eigenvalue weighted by molar-refractivity contribution is 6.36. The van der Waals surface area contributed by atoms with Gasteiger partial charge < -0.3 is 9.47 Å². The van der Waals surface area contributed by atoms with Crippen LogP contribution in [0.4, 0.5) is 0 Å². The summed E-state index contributed by atoms with van der Waals surface area (Å²) in [4.78, 5) is 0. The van der Waals surface area contributed by atoms with Crippen molar-refractivity contribution < 1.29 is 9.47 Å². The Kier molecular flexibility index (Phi) is 6.33. The summed E-state index contributed by atoms with van der Waals surface area (Å²) in [7, 11) is 0. The van der Waals surface area contributed by atoms with Crippen molar-refractivity contribution in [2.75, 3.05) is 13.2 Å². The van der Waals surface area contributed by atoms with Gasteiger partial charge in [0.1, 0.15) is 37.4 Å². The van der Waals surface area contributed by atoms with E-state index in [1.807, 2.05) is 12.1 Å². The number of para-hydroxylation sites is 1. The van der Waals surface area contributed by atoms with Crippen molar-refractivity contribution in [3.8, 4) is 11.5 Å². The molecule has 0 fully saturated rings. The third-order valence-electron chi connectivity index (χ3n) is 3.20. The lowest BCUT2D eigenvalue weighted by Gasteiger charge is -2.13. The lowest BCUT2D eigenvalue weighted by atomic mass is 10.2. The van der Waals surface area contributed by atoms with Crippen LogP contribution in [0.5, 0.6) is 11.5 Å². The first-order valence-corrected chi connectivity index (χ1v) is 8.65. The number of hydrogen-bond donors (Lipinski definition) is 0. The highest BCUT2D eigenvalue weighted by atomic mass is 35.5. The third kappa shape index (κ3) is 4.88. The lowest BCUT2D eigenvalue weighted by Crippen LogP contribution is -2.10. The van der Waals surface area contributed by atoms with Crippen molar-refractivity contribution >= 4 is 41.0 Å². The summed E-state index contributed by atoms with van der Waals surface area (Å²) in [5.74, 6) is 1.05. The average Bonchev–Trinajstić information content (AvgIpc) is 3.13. The zero-order chi connectivity index (χ0) is 18.4. The van der Waals surface area contributed by atoms with E-state index in [0.29, 0.717) is 38.7 Å². The third-order valence-corrected chi connectivity index (χ3v) is 4.01. The molecule has 0 bridgehead atoms. The van der Waals surface area contributed by atoms with Crippen LogP contribution in [0.2, 0.25) is 15.1 Å². The van der Waals surface area contributed by atoms with E-state index in [-0.39, 0.29) is 6.61 Å². The number of rotatable bonds is 7. The maximum Gasteiger partial charge on any atom is 0.147 e. The Morgan fingerprint density at radius 3 is 2.46 bits per heavy atom. The number of benzene rings is 2. The van der Waals surface area contributed by atoms with Gasteiger partial charge in [0, 0.05) is 10.6 Å². The van der Waals surface area contributed by atoms with Crippen LogP contribution in [0.1, 0.15) is 5.56 Å². The molecule has 6 nitrogen and oxygen atoms in total. The van der Waals surface area contributed by atoms with Crippen LogP contribution in [0.3, 0.4) is 0 Å². The monoisotopic (exact) mass is 410 g/mol. The molecule has 0 aliphatic carbocycles. The van der Waals surface area contributed by atoms with Crippen molar-refractivity contribution in [1.82, 2.24) is 14.9 Å². The van der Waals surface area contributed by atoms with Crippen molar-refractivity contribution in [3.05, 3.63) is 69.7 Å². The SMILES string of the molecule is Clc1cc(Cl)c(OCCOc2ccccc2Cl)c(/C=N/n2cnnc2)c1. The molecule has 1 heterocycles. The first kappa shape index (κ1) is 18.5. The topological polar surface area (TPSA) is 61.5 Å². The Morgan fingerprint density at radius 2 is 1.69 bits per heavy atom. The molecule has 2 aromatic carbocycles. The molecule has 0 saturated carbocycles. The molecular formula is C17H13Cl3N4O2. The predicted molar refractivity (Wildman–Crippen MR) is 102 cm³/mol. The molecule has 0 spiro atoms. The molecule has 0 aliphatic rings. The number of ether oxygens (including phenoxy) is 2. The second-order valence-corrected chi connectivity index (χ2v) is 6.27. The van der Waals surface area contributed by atoms with E-state index in [4.69, 9.17) is 44.3 Å². The molecule has 0 aliphatic heterocycles. The van der Waals surface area contributed by atoms with Crippen LogP contribution in [-0.2, 0) is 0 Å². The van der Waals surface area contributed by atoms with Crippen LogP contribution in [-0.4, -0.2) is 34.3 Å². The van der Waals surface area contributed by atoms with Gasteiger partial charge in [-0.15, -0.1) is 10.2 Å². The molecule has 0 N–H and O–H groups in total. The summed E-state index contributed by atoms with van der Waals surface area (Å²) in [6, 6.07) is 10.5. The van der Waals surface area contributed by atoms with Crippen molar-refractivity contribution in [3.63, 3.8) is 0 Å². The Bertz CT molecular complexity index is 901. The minimum Gasteiger partial charge on any atom is -0.488 e. The summed E-state index contributed by atoms with van der Waals surface area (Å²) in [5.41, 5.74) is 0.619. The molecule has 26 heavy (non-hydrogen) atoms. The van der Waals surface area contributed by atoms with Crippen molar-refractivity contribution in [1.29, 1.82) is 0 Å². The van der Waals surface area contributed by atoms with E-state index in [2.05, 4.69) is 15.3 Å². The van der Waals surface area contributed by atoms with Gasteiger partial charge >= 0.3 is 0 Å². The van der Waals surface area contributed by atoms with Gasteiger partial charge in [0.15, 0.2) is 0 Å². The Labute approximate surface area is 164 Å². The van der Waals surface area contributed by atoms with E-state index in [1.54, 1.807) is 30.5 Å². The summed E-state index contributed by atoms with van der Waals surface area (Å²) < 4.78 is 12.8. The van der Waals surface area contributed by atoms with Crippen LogP contribution in [0.15, 0.2) is 54.2 Å². The van der Waals surface area contributed by atoms with Gasteiger partial charge in [-0.25, -0.2) is 4.68 Å². The second kappa shape index (κ2) is 8.89. The molecule has 1 aromatic heterocycles. The molecule has 0 unspecified atom stereocenters. The van der Waals surface area contributed by atoms with Gasteiger partial charge in [-0.1, -0.05) is 46.9 Å². The fourth-order valence-corrected chi connectivity index (χ4v) is 2.82. The minimum absolute atomic E-state index is 0.264. The summed E-state index contributed by atoms with van der Waals surface area (Å²) in [5, 5.41) is 12.9. The molecule has 0 atom stereocenters. The zero-order valence-corrected chi connectivity index (χ0v) is 15.6. The molecule has 0 amide bonds. The Morgan fingerprint density at radius 1 is 0.962 bits per heavy atom. The summed E-state index contributed by atoms with van der Waals surface area (Å²) in [6.07, 6.45) is 4.48. The molecule has 3 rings (SSSR count). The van der Waals surface area contributed by atoms with Gasteiger partial charge in [0.25, 0.3) is 0 Å². The summed E-state index contributed by atoms with van der Waals surface area (Å²) in [6.45, 7) is 0.560. The first-order valence-electron chi connectivity index (χ1n) is 7.51. The maximum atomic E-state index is 6.25.